The molecule has 106 valence electrons. The molecule has 1 aromatic heterocycles. The third kappa shape index (κ3) is 4.05. The molecule has 0 aliphatic carbocycles. The maximum Gasteiger partial charge on any atom is 0.322 e. The Morgan fingerprint density at radius 3 is 2.80 bits per heavy atom. The minimum atomic E-state index is 0.0995. The van der Waals surface area contributed by atoms with Gasteiger partial charge in [-0.3, -0.25) is 0 Å². The van der Waals surface area contributed by atoms with Crippen LogP contribution in [-0.2, 0) is 0 Å². The second-order valence-electron chi connectivity index (χ2n) is 4.15. The van der Waals surface area contributed by atoms with E-state index in [1.807, 2.05) is 32.0 Å². The number of benzene rings is 1. The summed E-state index contributed by atoms with van der Waals surface area (Å²) in [6.07, 6.45) is 0.873. The molecule has 0 unspecified atom stereocenters. The molecule has 0 fully saturated rings. The molecule has 0 saturated carbocycles. The molecule has 0 aliphatic rings. The van der Waals surface area contributed by atoms with Gasteiger partial charge in [-0.15, -0.1) is 0 Å². The van der Waals surface area contributed by atoms with Gasteiger partial charge in [0.05, 0.1) is 6.61 Å². The molecule has 5 nitrogen and oxygen atoms in total. The van der Waals surface area contributed by atoms with Gasteiger partial charge in [0.25, 0.3) is 0 Å². The van der Waals surface area contributed by atoms with E-state index in [0.29, 0.717) is 12.6 Å². The number of hydrogen-bond donors (Lipinski definition) is 1. The first-order chi connectivity index (χ1) is 9.58. The summed E-state index contributed by atoms with van der Waals surface area (Å²) in [6, 6.07) is 6.08. The second-order valence-corrected chi connectivity index (χ2v) is 5.34. The quantitative estimate of drug-likeness (QED) is 0.872. The van der Waals surface area contributed by atoms with Crippen LogP contribution in [0.4, 0.5) is 11.6 Å². The Morgan fingerprint density at radius 1 is 1.30 bits per heavy atom. The van der Waals surface area contributed by atoms with E-state index in [1.54, 1.807) is 0 Å². The zero-order valence-corrected chi connectivity index (χ0v) is 13.5. The summed E-state index contributed by atoms with van der Waals surface area (Å²) in [6.45, 7) is 4.55. The normalized spacial score (nSPS) is 10.4. The Balaban J connectivity index is 2.19. The fraction of sp³-hybridized carbons (Fsp3) is 0.308. The van der Waals surface area contributed by atoms with Crippen molar-refractivity contribution in [1.29, 1.82) is 0 Å². The van der Waals surface area contributed by atoms with Crippen LogP contribution in [0.2, 0.25) is 5.28 Å². The van der Waals surface area contributed by atoms with Crippen molar-refractivity contribution in [3.63, 3.8) is 0 Å². The number of halogens is 2. The molecule has 0 spiro atoms. The van der Waals surface area contributed by atoms with Crippen molar-refractivity contribution in [1.82, 2.24) is 15.0 Å². The average molecular weight is 358 g/mol. The zero-order chi connectivity index (χ0) is 14.5. The van der Waals surface area contributed by atoms with Gasteiger partial charge in [0.15, 0.2) is 0 Å². The summed E-state index contributed by atoms with van der Waals surface area (Å²) in [7, 11) is 0. The fourth-order valence-electron chi connectivity index (χ4n) is 1.50. The van der Waals surface area contributed by atoms with E-state index in [4.69, 9.17) is 16.3 Å². The molecule has 2 aromatic rings. The van der Waals surface area contributed by atoms with Gasteiger partial charge in [-0.2, -0.15) is 15.0 Å². The lowest BCUT2D eigenvalue weighted by Gasteiger charge is -2.08. The Bertz CT molecular complexity index is 609. The molecule has 0 atom stereocenters. The summed E-state index contributed by atoms with van der Waals surface area (Å²) in [5.74, 6) is 0.359. The maximum atomic E-state index is 5.86. The van der Waals surface area contributed by atoms with Crippen LogP contribution >= 0.6 is 27.5 Å². The highest BCUT2D eigenvalue weighted by Gasteiger charge is 2.07. The molecule has 0 amide bonds. The third-order valence-electron chi connectivity index (χ3n) is 2.44. The topological polar surface area (TPSA) is 59.9 Å². The monoisotopic (exact) mass is 356 g/mol. The Hall–Kier alpha value is -1.40. The van der Waals surface area contributed by atoms with Gasteiger partial charge in [-0.1, -0.05) is 22.9 Å². The van der Waals surface area contributed by atoms with Gasteiger partial charge in [-0.25, -0.2) is 0 Å². The van der Waals surface area contributed by atoms with Crippen LogP contribution in [-0.4, -0.2) is 21.6 Å². The van der Waals surface area contributed by atoms with Crippen LogP contribution in [0.3, 0.4) is 0 Å². The number of rotatable bonds is 5. The fourth-order valence-corrected chi connectivity index (χ4v) is 1.90. The smallest absolute Gasteiger partial charge is 0.322 e. The zero-order valence-electron chi connectivity index (χ0n) is 11.2. The van der Waals surface area contributed by atoms with Crippen LogP contribution in [0.5, 0.6) is 6.01 Å². The van der Waals surface area contributed by atoms with E-state index in [0.717, 1.165) is 22.1 Å². The number of aryl methyl sites for hydroxylation is 1. The minimum absolute atomic E-state index is 0.0995. The van der Waals surface area contributed by atoms with Crippen molar-refractivity contribution in [3.8, 4) is 6.01 Å². The Morgan fingerprint density at radius 2 is 2.10 bits per heavy atom. The van der Waals surface area contributed by atoms with E-state index in [9.17, 15) is 0 Å². The van der Waals surface area contributed by atoms with Gasteiger partial charge >= 0.3 is 6.01 Å². The number of nitrogens with one attached hydrogen (secondary N) is 1. The maximum absolute atomic E-state index is 5.86. The first kappa shape index (κ1) is 15.0. The van der Waals surface area contributed by atoms with Gasteiger partial charge in [0, 0.05) is 10.2 Å². The van der Waals surface area contributed by atoms with Crippen LogP contribution < -0.4 is 10.1 Å². The van der Waals surface area contributed by atoms with E-state index in [2.05, 4.69) is 36.2 Å². The second kappa shape index (κ2) is 6.85. The lowest BCUT2D eigenvalue weighted by Crippen LogP contribution is -2.05. The lowest BCUT2D eigenvalue weighted by atomic mass is 10.2. The van der Waals surface area contributed by atoms with Crippen molar-refractivity contribution in [2.45, 2.75) is 20.3 Å². The van der Waals surface area contributed by atoms with Gasteiger partial charge in [0.1, 0.15) is 0 Å². The number of aromatic nitrogens is 3. The number of hydrogen-bond acceptors (Lipinski definition) is 5. The van der Waals surface area contributed by atoms with Crippen molar-refractivity contribution < 1.29 is 4.74 Å². The van der Waals surface area contributed by atoms with Crippen LogP contribution in [0.1, 0.15) is 18.9 Å². The Kier molecular flexibility index (Phi) is 5.14. The molecule has 1 aromatic carbocycles. The number of nitrogens with zero attached hydrogens (tertiary/aromatic N) is 3. The Labute approximate surface area is 130 Å². The third-order valence-corrected chi connectivity index (χ3v) is 3.50. The average Bonchev–Trinajstić information content (AvgIpc) is 2.40. The molecular weight excluding hydrogens is 344 g/mol. The molecule has 0 radical (unpaired) electrons. The van der Waals surface area contributed by atoms with Crippen LogP contribution in [0.25, 0.3) is 0 Å². The van der Waals surface area contributed by atoms with Gasteiger partial charge in [-0.05, 0) is 48.7 Å². The highest BCUT2D eigenvalue weighted by atomic mass is 79.9. The van der Waals surface area contributed by atoms with E-state index >= 15 is 0 Å². The summed E-state index contributed by atoms with van der Waals surface area (Å²) in [5, 5.41) is 3.18. The molecule has 0 saturated heterocycles. The van der Waals surface area contributed by atoms with Crippen LogP contribution in [0.15, 0.2) is 22.7 Å². The SMILES string of the molecule is CCCOc1nc(Cl)nc(Nc2ccc(Br)c(C)c2)n1. The summed E-state index contributed by atoms with van der Waals surface area (Å²) >= 11 is 9.32. The largest absolute Gasteiger partial charge is 0.463 e. The molecule has 1 heterocycles. The van der Waals surface area contributed by atoms with Gasteiger partial charge < -0.3 is 10.1 Å². The van der Waals surface area contributed by atoms with Crippen molar-refractivity contribution in [3.05, 3.63) is 33.5 Å². The molecule has 2 rings (SSSR count). The first-order valence-corrected chi connectivity index (χ1v) is 7.33. The van der Waals surface area contributed by atoms with Crippen molar-refractivity contribution in [2.75, 3.05) is 11.9 Å². The first-order valence-electron chi connectivity index (χ1n) is 6.16. The summed E-state index contributed by atoms with van der Waals surface area (Å²) in [5.41, 5.74) is 1.98. The highest BCUT2D eigenvalue weighted by Crippen LogP contribution is 2.22. The van der Waals surface area contributed by atoms with Crippen molar-refractivity contribution in [2.24, 2.45) is 0 Å². The molecule has 0 aliphatic heterocycles. The predicted octanol–water partition coefficient (Wildman–Crippen LogP) is 4.13. The van der Waals surface area contributed by atoms with Crippen LogP contribution in [0, 0.1) is 6.92 Å². The van der Waals surface area contributed by atoms with E-state index in [-0.39, 0.29) is 11.3 Å². The van der Waals surface area contributed by atoms with E-state index < -0.39 is 0 Å². The summed E-state index contributed by atoms with van der Waals surface area (Å²) in [4.78, 5) is 12.1. The minimum Gasteiger partial charge on any atom is -0.463 e. The van der Waals surface area contributed by atoms with E-state index in [1.165, 1.54) is 0 Å². The molecule has 1 N–H and O–H groups in total. The number of anilines is 2. The number of ether oxygens (including phenoxy) is 1. The highest BCUT2D eigenvalue weighted by molar-refractivity contribution is 9.10. The molecule has 20 heavy (non-hydrogen) atoms. The van der Waals surface area contributed by atoms with Crippen molar-refractivity contribution >= 4 is 39.2 Å². The van der Waals surface area contributed by atoms with Gasteiger partial charge in [0.2, 0.25) is 11.2 Å². The lowest BCUT2D eigenvalue weighted by molar-refractivity contribution is 0.292. The molecule has 7 heteroatoms. The summed E-state index contributed by atoms with van der Waals surface area (Å²) < 4.78 is 6.41. The standard InChI is InChI=1S/C13H14BrClN4O/c1-3-6-20-13-18-11(15)17-12(19-13)16-9-4-5-10(14)8(2)7-9/h4-5,7H,3,6H2,1-2H3,(H,16,17,18,19). The predicted molar refractivity (Wildman–Crippen MR) is 82.8 cm³/mol. The molecular formula is C13H14BrClN4O. The molecule has 0 bridgehead atoms.